The normalized spacial score (nSPS) is 45.8. The van der Waals surface area contributed by atoms with Gasteiger partial charge in [0.2, 0.25) is 0 Å². The zero-order valence-electron chi connectivity index (χ0n) is 13.1. The van der Waals surface area contributed by atoms with Gasteiger partial charge in [0.05, 0.1) is 0 Å². The van der Waals surface area contributed by atoms with Crippen molar-refractivity contribution in [2.24, 2.45) is 11.8 Å². The fourth-order valence-electron chi connectivity index (χ4n) is 1.90. The summed E-state index contributed by atoms with van der Waals surface area (Å²) >= 11 is 0. The summed E-state index contributed by atoms with van der Waals surface area (Å²) in [4.78, 5) is 10.6. The van der Waals surface area contributed by atoms with Crippen LogP contribution in [0.4, 0.5) is 0 Å². The first-order chi connectivity index (χ1) is 8.39. The predicted molar refractivity (Wildman–Crippen MR) is 60.3 cm³/mol. The lowest BCUT2D eigenvalue weighted by Gasteiger charge is -2.27. The average molecular weight is 200 g/mol. The van der Waals surface area contributed by atoms with Crippen molar-refractivity contribution >= 4 is 6.29 Å². The number of hydrogen-bond donors (Lipinski definition) is 0. The lowest BCUT2D eigenvalue weighted by molar-refractivity contribution is -0.108. The van der Waals surface area contributed by atoms with Gasteiger partial charge in [0, 0.05) is 11.9 Å². The minimum absolute atomic E-state index is 0.0386. The van der Waals surface area contributed by atoms with Crippen LogP contribution in [0.3, 0.4) is 0 Å². The second kappa shape index (κ2) is 7.03. The zero-order valence-corrected chi connectivity index (χ0v) is 9.09. The van der Waals surface area contributed by atoms with Crippen molar-refractivity contribution in [1.29, 1.82) is 0 Å². The number of rotatable bonds is 6. The van der Waals surface area contributed by atoms with Gasteiger partial charge < -0.3 is 4.79 Å². The molecule has 0 saturated heterocycles. The molecule has 0 spiro atoms. The van der Waals surface area contributed by atoms with Crippen LogP contribution in [-0.4, -0.2) is 6.29 Å². The Morgan fingerprint density at radius 3 is 3.07 bits per heavy atom. The van der Waals surface area contributed by atoms with E-state index in [-0.39, 0.29) is 12.3 Å². The molecule has 0 aromatic heterocycles. The monoisotopic (exact) mass is 200 g/mol. The van der Waals surface area contributed by atoms with Crippen molar-refractivity contribution < 1.29 is 10.3 Å². The van der Waals surface area contributed by atoms with E-state index in [2.05, 4.69) is 6.92 Å². The molecule has 0 radical (unpaired) electrons. The van der Waals surface area contributed by atoms with Gasteiger partial charge in [-0.05, 0) is 24.6 Å². The quantitative estimate of drug-likeness (QED) is 0.468. The largest absolute Gasteiger partial charge is 0.303 e. The lowest BCUT2D eigenvalue weighted by Crippen LogP contribution is -2.14. The molecule has 1 fully saturated rings. The SMILES string of the molecule is [2H]C1[C@@H](CCCCC)CC[C@]([2H])(CC=O)C1([2H])[2H]. The zero-order chi connectivity index (χ0) is 13.8. The van der Waals surface area contributed by atoms with Gasteiger partial charge in [-0.25, -0.2) is 0 Å². The molecule has 1 aliphatic rings. The third-order valence-electron chi connectivity index (χ3n) is 2.85. The van der Waals surface area contributed by atoms with Crippen LogP contribution in [0.15, 0.2) is 0 Å². The maximum absolute atomic E-state index is 10.6. The number of carbonyl (C=O) groups excluding carboxylic acids is 1. The molecule has 0 amide bonds. The highest BCUT2D eigenvalue weighted by molar-refractivity contribution is 5.49. The fourth-order valence-corrected chi connectivity index (χ4v) is 1.90. The third kappa shape index (κ3) is 4.26. The lowest BCUT2D eigenvalue weighted by atomic mass is 9.79. The molecule has 1 nitrogen and oxygen atoms in total. The first-order valence-electron chi connectivity index (χ1n) is 7.82. The van der Waals surface area contributed by atoms with Gasteiger partial charge in [-0.2, -0.15) is 0 Å². The van der Waals surface area contributed by atoms with Gasteiger partial charge in [-0.1, -0.05) is 45.4 Å². The second-order valence-corrected chi connectivity index (χ2v) is 4.08. The Morgan fingerprint density at radius 1 is 1.50 bits per heavy atom. The van der Waals surface area contributed by atoms with Crippen LogP contribution >= 0.6 is 0 Å². The molecular weight excluding hydrogens is 172 g/mol. The maximum Gasteiger partial charge on any atom is 0.120 e. The van der Waals surface area contributed by atoms with Crippen molar-refractivity contribution in [3.8, 4) is 0 Å². The van der Waals surface area contributed by atoms with Crippen LogP contribution in [0.5, 0.6) is 0 Å². The van der Waals surface area contributed by atoms with E-state index in [1.54, 1.807) is 0 Å². The van der Waals surface area contributed by atoms with Gasteiger partial charge in [0.15, 0.2) is 0 Å². The van der Waals surface area contributed by atoms with Gasteiger partial charge >= 0.3 is 0 Å². The van der Waals surface area contributed by atoms with Crippen LogP contribution in [0.25, 0.3) is 0 Å². The first-order valence-corrected chi connectivity index (χ1v) is 5.75. The van der Waals surface area contributed by atoms with Gasteiger partial charge in [0.25, 0.3) is 0 Å². The van der Waals surface area contributed by atoms with E-state index < -0.39 is 18.7 Å². The Kier molecular flexibility index (Phi) is 3.53. The van der Waals surface area contributed by atoms with Crippen LogP contribution in [0.1, 0.15) is 70.1 Å². The van der Waals surface area contributed by atoms with E-state index >= 15 is 0 Å². The molecule has 1 unspecified atom stereocenters. The Bertz CT molecular complexity index is 282. The van der Waals surface area contributed by atoms with Crippen molar-refractivity contribution in [2.75, 3.05) is 0 Å². The number of aldehydes is 1. The molecule has 1 aliphatic carbocycles. The molecule has 0 heterocycles. The van der Waals surface area contributed by atoms with Crippen LogP contribution in [0.2, 0.25) is 0 Å². The Hall–Kier alpha value is -0.330. The minimum atomic E-state index is -1.89. The Labute approximate surface area is 93.9 Å². The maximum atomic E-state index is 10.6. The first kappa shape index (κ1) is 7.03. The van der Waals surface area contributed by atoms with Gasteiger partial charge in [0.1, 0.15) is 6.29 Å². The van der Waals surface area contributed by atoms with Crippen molar-refractivity contribution in [3.05, 3.63) is 0 Å². The highest BCUT2D eigenvalue weighted by atomic mass is 16.1. The molecule has 82 valence electrons. The van der Waals surface area contributed by atoms with E-state index in [0.29, 0.717) is 19.1 Å². The molecule has 0 N–H and O–H groups in total. The molecule has 3 atom stereocenters. The summed E-state index contributed by atoms with van der Waals surface area (Å²) in [5.41, 5.74) is 0. The molecule has 1 heteroatoms. The van der Waals surface area contributed by atoms with E-state index in [4.69, 9.17) is 5.48 Å². The molecule has 14 heavy (non-hydrogen) atoms. The summed E-state index contributed by atoms with van der Waals surface area (Å²) in [7, 11) is 0. The van der Waals surface area contributed by atoms with Crippen LogP contribution in [0, 0.1) is 11.8 Å². The van der Waals surface area contributed by atoms with Crippen molar-refractivity contribution in [3.63, 3.8) is 0 Å². The van der Waals surface area contributed by atoms with Crippen LogP contribution in [-0.2, 0) is 4.79 Å². The Balaban J connectivity index is 2.69. The van der Waals surface area contributed by atoms with E-state index in [0.717, 1.165) is 25.7 Å². The van der Waals surface area contributed by atoms with Gasteiger partial charge in [-0.15, -0.1) is 0 Å². The van der Waals surface area contributed by atoms with Crippen LogP contribution < -0.4 is 0 Å². The number of hydrogen-bond acceptors (Lipinski definition) is 1. The van der Waals surface area contributed by atoms with Crippen molar-refractivity contribution in [1.82, 2.24) is 0 Å². The molecule has 0 bridgehead atoms. The van der Waals surface area contributed by atoms with Gasteiger partial charge in [-0.3, -0.25) is 0 Å². The second-order valence-electron chi connectivity index (χ2n) is 4.08. The van der Waals surface area contributed by atoms with E-state index in [1.807, 2.05) is 0 Å². The molecule has 0 aromatic carbocycles. The minimum Gasteiger partial charge on any atom is -0.303 e. The summed E-state index contributed by atoms with van der Waals surface area (Å²) in [6.07, 6.45) is 3.00. The smallest absolute Gasteiger partial charge is 0.120 e. The molecule has 1 rings (SSSR count). The number of carbonyl (C=O) groups is 1. The molecular formula is C13H24O. The molecule has 0 aromatic rings. The summed E-state index contributed by atoms with van der Waals surface area (Å²) in [6, 6.07) is 0. The summed E-state index contributed by atoms with van der Waals surface area (Å²) < 4.78 is 32.3. The third-order valence-corrected chi connectivity index (χ3v) is 2.85. The fraction of sp³-hybridized carbons (Fsp3) is 0.923. The molecule has 1 saturated carbocycles. The standard InChI is InChI=1S/C13H24O/c1-2-3-4-5-12-6-8-13(9-7-12)10-11-14/h11-13H,2-10H2,1H3/t12-,13-/i6D,8D2,13D/t6?,12-,13-/m1/s1. The highest BCUT2D eigenvalue weighted by Crippen LogP contribution is 2.33. The molecule has 0 aliphatic heterocycles. The average Bonchev–Trinajstić information content (AvgIpc) is 2.31. The summed E-state index contributed by atoms with van der Waals surface area (Å²) in [5.74, 6) is -1.36. The van der Waals surface area contributed by atoms with E-state index in [1.165, 1.54) is 0 Å². The highest BCUT2D eigenvalue weighted by Gasteiger charge is 2.19. The summed E-state index contributed by atoms with van der Waals surface area (Å²) in [6.45, 7) is 2.12. The summed E-state index contributed by atoms with van der Waals surface area (Å²) in [5, 5.41) is 0. The number of unbranched alkanes of at least 4 members (excludes halogenated alkanes) is 2. The van der Waals surface area contributed by atoms with Crippen molar-refractivity contribution in [2.45, 2.75) is 64.6 Å². The van der Waals surface area contributed by atoms with E-state index in [9.17, 15) is 4.79 Å². The predicted octanol–water partition coefficient (Wildman–Crippen LogP) is 3.96. The Morgan fingerprint density at radius 2 is 2.36 bits per heavy atom. The topological polar surface area (TPSA) is 17.1 Å².